The summed E-state index contributed by atoms with van der Waals surface area (Å²) in [7, 11) is 6.76. The van der Waals surface area contributed by atoms with E-state index in [1.165, 1.54) is 22.3 Å². The molecule has 2 heterocycles. The summed E-state index contributed by atoms with van der Waals surface area (Å²) in [5.41, 5.74) is 5.50. The number of ether oxygens (including phenoxy) is 4. The van der Waals surface area contributed by atoms with Crippen LogP contribution >= 0.6 is 0 Å². The Kier molecular flexibility index (Phi) is 9.31. The molecule has 6 nitrogen and oxygen atoms in total. The molecular weight excluding hydrogens is 440 g/mol. The Balaban J connectivity index is 0.000000196. The third-order valence-electron chi connectivity index (χ3n) is 7.28. The molecule has 2 aromatic carbocycles. The molecule has 0 bridgehead atoms. The fraction of sp³-hybridized carbons (Fsp3) is 0.586. The van der Waals surface area contributed by atoms with Gasteiger partial charge < -0.3 is 18.9 Å². The lowest BCUT2D eigenvalue weighted by atomic mass is 9.93. The zero-order valence-corrected chi connectivity index (χ0v) is 23.1. The van der Waals surface area contributed by atoms with Crippen molar-refractivity contribution in [2.75, 3.05) is 35.0 Å². The second kappa shape index (κ2) is 12.0. The number of methoxy groups -OCH3 is 4. The monoisotopic (exact) mass is 484 g/mol. The molecular formula is C29H44N2O4. The van der Waals surface area contributed by atoms with Crippen molar-refractivity contribution in [2.24, 2.45) is 0 Å². The van der Waals surface area contributed by atoms with Gasteiger partial charge in [-0.3, -0.25) is 9.80 Å². The number of benzene rings is 2. The first-order valence-electron chi connectivity index (χ1n) is 12.7. The maximum absolute atomic E-state index is 5.38. The summed E-state index contributed by atoms with van der Waals surface area (Å²) in [5, 5.41) is 0. The average molecular weight is 485 g/mol. The zero-order valence-electron chi connectivity index (χ0n) is 23.1. The van der Waals surface area contributed by atoms with Crippen molar-refractivity contribution in [3.05, 3.63) is 46.5 Å². The van der Waals surface area contributed by atoms with Crippen LogP contribution in [0.1, 0.15) is 56.9 Å². The summed E-state index contributed by atoms with van der Waals surface area (Å²) in [6.45, 7) is 14.4. The smallest absolute Gasteiger partial charge is 0.161 e. The Morgan fingerprint density at radius 1 is 0.657 bits per heavy atom. The molecule has 4 rings (SSSR count). The van der Waals surface area contributed by atoms with Crippen LogP contribution in [0.2, 0.25) is 0 Å². The molecule has 6 heteroatoms. The lowest BCUT2D eigenvalue weighted by Crippen LogP contribution is -2.42. The van der Waals surface area contributed by atoms with Crippen LogP contribution in [-0.2, 0) is 25.9 Å². The van der Waals surface area contributed by atoms with Gasteiger partial charge in [-0.2, -0.15) is 0 Å². The molecule has 0 radical (unpaired) electrons. The Bertz CT molecular complexity index is 989. The minimum absolute atomic E-state index is 0.571. The second-order valence-corrected chi connectivity index (χ2v) is 10.1. The summed E-state index contributed by atoms with van der Waals surface area (Å²) in [6, 6.07) is 10.2. The van der Waals surface area contributed by atoms with E-state index in [2.05, 4.69) is 68.7 Å². The van der Waals surface area contributed by atoms with Crippen LogP contribution in [0.5, 0.6) is 23.0 Å². The normalized spacial score (nSPS) is 17.9. The molecule has 1 unspecified atom stereocenters. The summed E-state index contributed by atoms with van der Waals surface area (Å²) >= 11 is 0. The third-order valence-corrected chi connectivity index (χ3v) is 7.28. The first-order valence-corrected chi connectivity index (χ1v) is 12.7. The molecule has 2 aliphatic heterocycles. The molecule has 2 aliphatic rings. The Hall–Kier alpha value is -2.44. The SMILES string of the molecule is COc1cc2c(cc1OC)CN(C(C)C)C(C)C2.COc1cc2c(cc1OC)CN(C(C)C)CC2. The van der Waals surface area contributed by atoms with E-state index in [0.717, 1.165) is 55.5 Å². The minimum Gasteiger partial charge on any atom is -0.493 e. The molecule has 1 atom stereocenters. The highest BCUT2D eigenvalue weighted by molar-refractivity contribution is 5.49. The van der Waals surface area contributed by atoms with E-state index in [0.29, 0.717) is 18.1 Å². The molecule has 35 heavy (non-hydrogen) atoms. The molecule has 0 spiro atoms. The van der Waals surface area contributed by atoms with Crippen molar-refractivity contribution in [1.82, 2.24) is 9.80 Å². The lowest BCUT2D eigenvalue weighted by molar-refractivity contribution is 0.141. The topological polar surface area (TPSA) is 43.4 Å². The Morgan fingerprint density at radius 2 is 1.11 bits per heavy atom. The summed E-state index contributed by atoms with van der Waals surface area (Å²) < 4.78 is 21.4. The number of hydrogen-bond acceptors (Lipinski definition) is 6. The van der Waals surface area contributed by atoms with Crippen molar-refractivity contribution in [2.45, 2.75) is 78.7 Å². The molecule has 0 aliphatic carbocycles. The van der Waals surface area contributed by atoms with Crippen molar-refractivity contribution < 1.29 is 18.9 Å². The van der Waals surface area contributed by atoms with Crippen LogP contribution in [-0.4, -0.2) is 62.9 Å². The first-order chi connectivity index (χ1) is 16.7. The van der Waals surface area contributed by atoms with Crippen LogP contribution in [0.3, 0.4) is 0 Å². The van der Waals surface area contributed by atoms with Crippen LogP contribution in [0.15, 0.2) is 24.3 Å². The quantitative estimate of drug-likeness (QED) is 0.552. The van der Waals surface area contributed by atoms with E-state index in [-0.39, 0.29) is 0 Å². The predicted octanol–water partition coefficient (Wildman–Crippen LogP) is 5.33. The van der Waals surface area contributed by atoms with Crippen LogP contribution in [0, 0.1) is 0 Å². The fourth-order valence-electron chi connectivity index (χ4n) is 5.13. The molecule has 0 saturated carbocycles. The van der Waals surface area contributed by atoms with Crippen molar-refractivity contribution >= 4 is 0 Å². The van der Waals surface area contributed by atoms with Crippen molar-refractivity contribution in [3.8, 4) is 23.0 Å². The number of rotatable bonds is 6. The Labute approximate surface area is 212 Å². The predicted molar refractivity (Wildman–Crippen MR) is 142 cm³/mol. The molecule has 2 aromatic rings. The maximum atomic E-state index is 5.38. The van der Waals surface area contributed by atoms with Gasteiger partial charge in [-0.15, -0.1) is 0 Å². The highest BCUT2D eigenvalue weighted by Crippen LogP contribution is 2.35. The molecule has 0 saturated heterocycles. The summed E-state index contributed by atoms with van der Waals surface area (Å²) in [6.07, 6.45) is 2.17. The van der Waals surface area contributed by atoms with Crippen molar-refractivity contribution in [3.63, 3.8) is 0 Å². The van der Waals surface area contributed by atoms with Gasteiger partial charge in [-0.25, -0.2) is 0 Å². The van der Waals surface area contributed by atoms with Crippen LogP contribution < -0.4 is 18.9 Å². The lowest BCUT2D eigenvalue weighted by Gasteiger charge is -2.38. The van der Waals surface area contributed by atoms with E-state index < -0.39 is 0 Å². The van der Waals surface area contributed by atoms with E-state index in [4.69, 9.17) is 18.9 Å². The number of nitrogens with zero attached hydrogens (tertiary/aromatic N) is 2. The largest absolute Gasteiger partial charge is 0.493 e. The van der Waals surface area contributed by atoms with Crippen molar-refractivity contribution in [1.29, 1.82) is 0 Å². The molecule has 0 N–H and O–H groups in total. The standard InChI is InChI=1S/C15H23NO2.C14H21NO2/c1-10(2)16-9-13-8-15(18-5)14(17-4)7-12(13)6-11(16)3;1-10(2)15-6-5-11-7-13(16-3)14(17-4)8-12(11)9-15/h7-8,10-11H,6,9H2,1-5H3;7-8,10H,5-6,9H2,1-4H3. The highest BCUT2D eigenvalue weighted by Gasteiger charge is 2.26. The first kappa shape index (κ1) is 27.2. The number of hydrogen-bond donors (Lipinski definition) is 0. The van der Waals surface area contributed by atoms with Gasteiger partial charge in [0.05, 0.1) is 28.4 Å². The van der Waals surface area contributed by atoms with Gasteiger partial charge in [0.15, 0.2) is 23.0 Å². The molecule has 0 fully saturated rings. The van der Waals surface area contributed by atoms with Gasteiger partial charge >= 0.3 is 0 Å². The Morgan fingerprint density at radius 3 is 1.57 bits per heavy atom. The minimum atomic E-state index is 0.571. The molecule has 0 amide bonds. The van der Waals surface area contributed by atoms with Crippen LogP contribution in [0.25, 0.3) is 0 Å². The average Bonchev–Trinajstić information content (AvgIpc) is 2.86. The van der Waals surface area contributed by atoms with E-state index in [9.17, 15) is 0 Å². The summed E-state index contributed by atoms with van der Waals surface area (Å²) in [4.78, 5) is 5.00. The van der Waals surface area contributed by atoms with Gasteiger partial charge in [-0.05, 0) is 94.0 Å². The molecule has 0 aromatic heterocycles. The van der Waals surface area contributed by atoms with E-state index in [1.807, 2.05) is 0 Å². The van der Waals surface area contributed by atoms with Gasteiger partial charge in [0.1, 0.15) is 0 Å². The zero-order chi connectivity index (χ0) is 25.7. The third kappa shape index (κ3) is 6.22. The fourth-order valence-corrected chi connectivity index (χ4v) is 5.13. The van der Waals surface area contributed by atoms with Gasteiger partial charge in [0, 0.05) is 37.8 Å². The second-order valence-electron chi connectivity index (χ2n) is 10.1. The number of fused-ring (bicyclic) bond motifs is 2. The van der Waals surface area contributed by atoms with Gasteiger partial charge in [0.2, 0.25) is 0 Å². The van der Waals surface area contributed by atoms with E-state index >= 15 is 0 Å². The summed E-state index contributed by atoms with van der Waals surface area (Å²) in [5.74, 6) is 3.33. The highest BCUT2D eigenvalue weighted by atomic mass is 16.5. The van der Waals surface area contributed by atoms with Gasteiger partial charge in [-0.1, -0.05) is 0 Å². The van der Waals surface area contributed by atoms with Crippen LogP contribution in [0.4, 0.5) is 0 Å². The van der Waals surface area contributed by atoms with E-state index in [1.54, 1.807) is 28.4 Å². The van der Waals surface area contributed by atoms with Gasteiger partial charge in [0.25, 0.3) is 0 Å². The maximum Gasteiger partial charge on any atom is 0.161 e. The molecule has 194 valence electrons.